The van der Waals surface area contributed by atoms with E-state index in [9.17, 15) is 5.11 Å². The zero-order valence-electron chi connectivity index (χ0n) is 10.7. The van der Waals surface area contributed by atoms with Crippen LogP contribution >= 0.6 is 11.3 Å². The van der Waals surface area contributed by atoms with Gasteiger partial charge in [0.1, 0.15) is 11.1 Å². The number of rotatable bonds is 4. The molecule has 3 rings (SSSR count). The Bertz CT molecular complexity index is 520. The summed E-state index contributed by atoms with van der Waals surface area (Å²) in [7, 11) is 0. The molecule has 1 aromatic heterocycles. The van der Waals surface area contributed by atoms with Gasteiger partial charge in [0, 0.05) is 18.4 Å². The third-order valence-corrected chi connectivity index (χ3v) is 4.35. The van der Waals surface area contributed by atoms with Gasteiger partial charge in [0.2, 0.25) is 0 Å². The van der Waals surface area contributed by atoms with Crippen LogP contribution in [0.2, 0.25) is 0 Å². The van der Waals surface area contributed by atoms with Crippen molar-refractivity contribution in [2.24, 2.45) is 0 Å². The minimum atomic E-state index is -0.486. The number of aromatic nitrogens is 1. The molecule has 0 bridgehead atoms. The smallest absolute Gasteiger partial charge is 0.122 e. The Kier molecular flexibility index (Phi) is 3.92. The van der Waals surface area contributed by atoms with E-state index in [1.165, 1.54) is 0 Å². The standard InChI is InChI=1S/C15H17NO2S/c17-13(11-5-2-1-3-6-11)9-12-10-19-15(16-12)14-7-4-8-18-14/h1-3,5-6,10,13-14,17H,4,7-9H2. The van der Waals surface area contributed by atoms with Crippen LogP contribution in [0.1, 0.15) is 41.3 Å². The summed E-state index contributed by atoms with van der Waals surface area (Å²) >= 11 is 1.64. The monoisotopic (exact) mass is 275 g/mol. The van der Waals surface area contributed by atoms with E-state index in [1.54, 1.807) is 11.3 Å². The normalized spacial score (nSPS) is 20.6. The number of hydrogen-bond acceptors (Lipinski definition) is 4. The van der Waals surface area contributed by atoms with Crippen molar-refractivity contribution in [3.05, 3.63) is 52.0 Å². The topological polar surface area (TPSA) is 42.4 Å². The van der Waals surface area contributed by atoms with Gasteiger partial charge < -0.3 is 9.84 Å². The van der Waals surface area contributed by atoms with Gasteiger partial charge in [-0.05, 0) is 18.4 Å². The fourth-order valence-electron chi connectivity index (χ4n) is 2.33. The van der Waals surface area contributed by atoms with Gasteiger partial charge in [-0.3, -0.25) is 0 Å². The zero-order valence-corrected chi connectivity index (χ0v) is 11.5. The lowest BCUT2D eigenvalue weighted by atomic mass is 10.1. The van der Waals surface area contributed by atoms with Crippen LogP contribution in [-0.4, -0.2) is 16.7 Å². The molecule has 19 heavy (non-hydrogen) atoms. The van der Waals surface area contributed by atoms with Gasteiger partial charge >= 0.3 is 0 Å². The molecule has 0 spiro atoms. The van der Waals surface area contributed by atoms with E-state index in [0.29, 0.717) is 6.42 Å². The molecule has 2 heterocycles. The molecule has 2 aromatic rings. The molecule has 1 aliphatic heterocycles. The summed E-state index contributed by atoms with van der Waals surface area (Å²) in [5.41, 5.74) is 1.89. The molecule has 3 nitrogen and oxygen atoms in total. The van der Waals surface area contributed by atoms with Crippen molar-refractivity contribution in [1.82, 2.24) is 4.98 Å². The Labute approximate surface area is 116 Å². The Morgan fingerprint density at radius 2 is 2.21 bits per heavy atom. The first kappa shape index (κ1) is 12.8. The van der Waals surface area contributed by atoms with Gasteiger partial charge in [-0.1, -0.05) is 30.3 Å². The van der Waals surface area contributed by atoms with Crippen LogP contribution in [0.5, 0.6) is 0 Å². The Hall–Kier alpha value is -1.23. The molecule has 1 saturated heterocycles. The molecule has 0 amide bonds. The lowest BCUT2D eigenvalue weighted by molar-refractivity contribution is 0.111. The highest BCUT2D eigenvalue weighted by atomic mass is 32.1. The maximum atomic E-state index is 10.2. The van der Waals surface area contributed by atoms with Crippen LogP contribution in [-0.2, 0) is 11.2 Å². The molecule has 0 radical (unpaired) electrons. The molecule has 0 saturated carbocycles. The second-order valence-corrected chi connectivity index (χ2v) is 5.70. The molecular weight excluding hydrogens is 258 g/mol. The van der Waals surface area contributed by atoms with Crippen LogP contribution in [0.3, 0.4) is 0 Å². The summed E-state index contributed by atoms with van der Waals surface area (Å²) in [6.45, 7) is 0.840. The van der Waals surface area contributed by atoms with Gasteiger partial charge in [0.25, 0.3) is 0 Å². The van der Waals surface area contributed by atoms with Crippen molar-refractivity contribution >= 4 is 11.3 Å². The third-order valence-electron chi connectivity index (χ3n) is 3.36. The lowest BCUT2D eigenvalue weighted by Gasteiger charge is -2.09. The highest BCUT2D eigenvalue weighted by molar-refractivity contribution is 7.09. The highest BCUT2D eigenvalue weighted by Gasteiger charge is 2.21. The SMILES string of the molecule is OC(Cc1csc(C2CCCO2)n1)c1ccccc1. The fourth-order valence-corrected chi connectivity index (χ4v) is 3.24. The van der Waals surface area contributed by atoms with Crippen molar-refractivity contribution in [3.8, 4) is 0 Å². The predicted octanol–water partition coefficient (Wildman–Crippen LogP) is 3.27. The van der Waals surface area contributed by atoms with Gasteiger partial charge in [-0.15, -0.1) is 11.3 Å². The molecule has 1 aliphatic rings. The third kappa shape index (κ3) is 3.03. The first-order valence-electron chi connectivity index (χ1n) is 6.62. The summed E-state index contributed by atoms with van der Waals surface area (Å²) < 4.78 is 5.63. The van der Waals surface area contributed by atoms with Crippen molar-refractivity contribution in [1.29, 1.82) is 0 Å². The van der Waals surface area contributed by atoms with Crippen molar-refractivity contribution in [2.45, 2.75) is 31.5 Å². The Morgan fingerprint density at radius 1 is 1.37 bits per heavy atom. The average molecular weight is 275 g/mol. The number of aliphatic hydroxyl groups excluding tert-OH is 1. The minimum Gasteiger partial charge on any atom is -0.388 e. The molecule has 1 fully saturated rings. The molecule has 100 valence electrons. The zero-order chi connectivity index (χ0) is 13.1. The maximum Gasteiger partial charge on any atom is 0.122 e. The Morgan fingerprint density at radius 3 is 2.95 bits per heavy atom. The van der Waals surface area contributed by atoms with Crippen LogP contribution < -0.4 is 0 Å². The quantitative estimate of drug-likeness (QED) is 0.931. The largest absolute Gasteiger partial charge is 0.388 e. The summed E-state index contributed by atoms with van der Waals surface area (Å²) in [4.78, 5) is 4.59. The summed E-state index contributed by atoms with van der Waals surface area (Å²) in [6.07, 6.45) is 2.43. The van der Waals surface area contributed by atoms with E-state index in [-0.39, 0.29) is 6.10 Å². The Balaban J connectivity index is 1.66. The van der Waals surface area contributed by atoms with E-state index in [0.717, 1.165) is 35.7 Å². The summed E-state index contributed by atoms with van der Waals surface area (Å²) in [5.74, 6) is 0. The van der Waals surface area contributed by atoms with Gasteiger partial charge in [0.05, 0.1) is 11.8 Å². The van der Waals surface area contributed by atoms with Gasteiger partial charge in [-0.2, -0.15) is 0 Å². The minimum absolute atomic E-state index is 0.174. The van der Waals surface area contributed by atoms with Crippen LogP contribution in [0.15, 0.2) is 35.7 Å². The molecule has 2 unspecified atom stereocenters. The molecule has 0 aliphatic carbocycles. The molecule has 1 aromatic carbocycles. The van der Waals surface area contributed by atoms with Gasteiger partial charge in [-0.25, -0.2) is 4.98 Å². The number of hydrogen-bond donors (Lipinski definition) is 1. The first-order valence-corrected chi connectivity index (χ1v) is 7.50. The average Bonchev–Trinajstić information content (AvgIpc) is 3.10. The molecule has 2 atom stereocenters. The van der Waals surface area contributed by atoms with E-state index in [1.807, 2.05) is 35.7 Å². The van der Waals surface area contributed by atoms with Crippen molar-refractivity contribution in [2.75, 3.05) is 6.61 Å². The second kappa shape index (κ2) is 5.82. The molecule has 4 heteroatoms. The van der Waals surface area contributed by atoms with E-state index < -0.39 is 6.10 Å². The number of aliphatic hydroxyl groups is 1. The molecular formula is C15H17NO2S. The number of nitrogens with zero attached hydrogens (tertiary/aromatic N) is 1. The van der Waals surface area contributed by atoms with Crippen LogP contribution in [0, 0.1) is 0 Å². The van der Waals surface area contributed by atoms with Crippen molar-refractivity contribution in [3.63, 3.8) is 0 Å². The summed E-state index contributed by atoms with van der Waals surface area (Å²) in [5, 5.41) is 13.3. The van der Waals surface area contributed by atoms with Crippen molar-refractivity contribution < 1.29 is 9.84 Å². The fraction of sp³-hybridized carbons (Fsp3) is 0.400. The van der Waals surface area contributed by atoms with E-state index >= 15 is 0 Å². The van der Waals surface area contributed by atoms with Gasteiger partial charge in [0.15, 0.2) is 0 Å². The highest BCUT2D eigenvalue weighted by Crippen LogP contribution is 2.31. The number of thiazole rings is 1. The number of ether oxygens (including phenoxy) is 1. The number of benzene rings is 1. The van der Waals surface area contributed by atoms with Crippen LogP contribution in [0.4, 0.5) is 0 Å². The first-order chi connectivity index (χ1) is 9.33. The van der Waals surface area contributed by atoms with E-state index in [4.69, 9.17) is 4.74 Å². The second-order valence-electron chi connectivity index (χ2n) is 4.81. The predicted molar refractivity (Wildman–Crippen MR) is 75.1 cm³/mol. The molecule has 1 N–H and O–H groups in total. The maximum absolute atomic E-state index is 10.2. The lowest BCUT2D eigenvalue weighted by Crippen LogP contribution is -2.02. The van der Waals surface area contributed by atoms with Crippen LogP contribution in [0.25, 0.3) is 0 Å². The summed E-state index contributed by atoms with van der Waals surface area (Å²) in [6, 6.07) is 9.72. The van der Waals surface area contributed by atoms with E-state index in [2.05, 4.69) is 4.98 Å².